The van der Waals surface area contributed by atoms with Crippen LogP contribution in [0.15, 0.2) is 48.5 Å². The lowest BCUT2D eigenvalue weighted by Gasteiger charge is -2.30. The van der Waals surface area contributed by atoms with Gasteiger partial charge in [0.2, 0.25) is 0 Å². The molecule has 2 N–H and O–H groups in total. The summed E-state index contributed by atoms with van der Waals surface area (Å²) < 4.78 is 0. The zero-order chi connectivity index (χ0) is 16.9. The summed E-state index contributed by atoms with van der Waals surface area (Å²) >= 11 is 6.21. The van der Waals surface area contributed by atoms with Crippen LogP contribution in [0.25, 0.3) is 0 Å². The molecule has 0 atom stereocenters. The van der Waals surface area contributed by atoms with Crippen LogP contribution in [0.3, 0.4) is 0 Å². The van der Waals surface area contributed by atoms with Crippen LogP contribution in [0.4, 0.5) is 5.69 Å². The summed E-state index contributed by atoms with van der Waals surface area (Å²) in [7, 11) is 0. The minimum absolute atomic E-state index is 0.113. The molecule has 0 unspecified atom stereocenters. The molecule has 1 saturated heterocycles. The third-order valence-corrected chi connectivity index (χ3v) is 5.01. The first-order chi connectivity index (χ1) is 11.6. The van der Waals surface area contributed by atoms with Gasteiger partial charge in [-0.25, -0.2) is 0 Å². The van der Waals surface area contributed by atoms with Gasteiger partial charge in [0.15, 0.2) is 0 Å². The lowest BCUT2D eigenvalue weighted by atomic mass is 10.1. The Morgan fingerprint density at radius 2 is 1.58 bits per heavy atom. The molecule has 126 valence electrons. The Morgan fingerprint density at radius 3 is 2.21 bits per heavy atom. The third-order valence-electron chi connectivity index (χ3n) is 4.64. The average molecular weight is 348 g/mol. The molecular weight excluding hydrogens is 326 g/mol. The highest BCUT2D eigenvalue weighted by Gasteiger charge is 2.24. The summed E-state index contributed by atoms with van der Waals surface area (Å²) in [4.78, 5) is 13.6. The average Bonchev–Trinajstić information content (AvgIpc) is 2.59. The molecule has 2 aromatic carbocycles. The third kappa shape index (κ3) is 4.32. The maximum Gasteiger partial charge on any atom is 0.270 e. The molecule has 24 heavy (non-hydrogen) atoms. The van der Waals surface area contributed by atoms with Crippen molar-refractivity contribution >= 4 is 17.3 Å². The predicted octanol–water partition coefficient (Wildman–Crippen LogP) is 0.732. The number of rotatable bonds is 5. The van der Waals surface area contributed by atoms with Crippen LogP contribution in [-0.2, 0) is 13.1 Å². The van der Waals surface area contributed by atoms with Crippen LogP contribution in [0.1, 0.15) is 11.1 Å². The largest absolute Gasteiger partial charge is 0.322 e. The number of non-ortho nitro benzene ring substituents is 1. The van der Waals surface area contributed by atoms with Gasteiger partial charge in [0.05, 0.1) is 4.92 Å². The summed E-state index contributed by atoms with van der Waals surface area (Å²) in [5.41, 5.74) is 2.35. The summed E-state index contributed by atoms with van der Waals surface area (Å²) in [6.07, 6.45) is 0. The minimum Gasteiger partial charge on any atom is -0.322 e. The van der Waals surface area contributed by atoms with E-state index in [0.717, 1.165) is 44.8 Å². The van der Waals surface area contributed by atoms with E-state index < -0.39 is 0 Å². The standard InChI is InChI=1S/C18H20ClN3O2/c19-18-7-6-17(22(23)24)12-16(18)14-21-10-8-20(9-11-21)13-15-4-2-1-3-5-15/h1-7,12H,8-11,13-14H2/p+2. The van der Waals surface area contributed by atoms with Crippen molar-refractivity contribution in [2.45, 2.75) is 13.1 Å². The Morgan fingerprint density at radius 1 is 0.958 bits per heavy atom. The van der Waals surface area contributed by atoms with E-state index in [1.165, 1.54) is 16.5 Å². The number of nitrogens with one attached hydrogen (secondary N) is 2. The van der Waals surface area contributed by atoms with Crippen LogP contribution >= 0.6 is 11.6 Å². The van der Waals surface area contributed by atoms with E-state index in [4.69, 9.17) is 11.6 Å². The molecule has 2 aromatic rings. The van der Waals surface area contributed by atoms with Crippen LogP contribution in [0.5, 0.6) is 0 Å². The van der Waals surface area contributed by atoms with Crippen LogP contribution in [-0.4, -0.2) is 31.1 Å². The second-order valence-corrected chi connectivity index (χ2v) is 6.78. The lowest BCUT2D eigenvalue weighted by Crippen LogP contribution is -3.27. The fraction of sp³-hybridized carbons (Fsp3) is 0.333. The van der Waals surface area contributed by atoms with Gasteiger partial charge in [-0.2, -0.15) is 0 Å². The number of nitrogens with zero attached hydrogens (tertiary/aromatic N) is 1. The van der Waals surface area contributed by atoms with Crippen molar-refractivity contribution in [1.29, 1.82) is 0 Å². The van der Waals surface area contributed by atoms with Crippen molar-refractivity contribution in [3.63, 3.8) is 0 Å². The van der Waals surface area contributed by atoms with Crippen molar-refractivity contribution in [2.75, 3.05) is 26.2 Å². The van der Waals surface area contributed by atoms with Crippen molar-refractivity contribution in [1.82, 2.24) is 0 Å². The van der Waals surface area contributed by atoms with Gasteiger partial charge in [0.25, 0.3) is 5.69 Å². The topological polar surface area (TPSA) is 52.0 Å². The van der Waals surface area contributed by atoms with E-state index in [0.29, 0.717) is 5.02 Å². The zero-order valence-corrected chi connectivity index (χ0v) is 14.3. The van der Waals surface area contributed by atoms with Gasteiger partial charge in [-0.1, -0.05) is 41.9 Å². The van der Waals surface area contributed by atoms with E-state index in [1.807, 2.05) is 6.07 Å². The normalized spacial score (nSPS) is 20.7. The Labute approximate surface area is 146 Å². The SMILES string of the molecule is O=[N+]([O-])c1ccc(Cl)c(C[NH+]2CC[NH+](Cc3ccccc3)CC2)c1. The van der Waals surface area contributed by atoms with Gasteiger partial charge in [0.1, 0.15) is 39.3 Å². The van der Waals surface area contributed by atoms with Gasteiger partial charge in [-0.3, -0.25) is 10.1 Å². The number of nitro groups is 1. The first kappa shape index (κ1) is 16.9. The Bertz CT molecular complexity index is 701. The fourth-order valence-electron chi connectivity index (χ4n) is 3.27. The molecule has 6 heteroatoms. The van der Waals surface area contributed by atoms with Crippen LogP contribution in [0, 0.1) is 10.1 Å². The molecule has 3 rings (SSSR count). The number of hydrogen-bond acceptors (Lipinski definition) is 2. The summed E-state index contributed by atoms with van der Waals surface area (Å²) in [6.45, 7) is 6.14. The van der Waals surface area contributed by atoms with Crippen molar-refractivity contribution in [3.8, 4) is 0 Å². The molecule has 1 aliphatic heterocycles. The second-order valence-electron chi connectivity index (χ2n) is 6.37. The minimum atomic E-state index is -0.364. The summed E-state index contributed by atoms with van der Waals surface area (Å²) in [5.74, 6) is 0. The van der Waals surface area contributed by atoms with Gasteiger partial charge < -0.3 is 9.80 Å². The first-order valence-electron chi connectivity index (χ1n) is 8.25. The van der Waals surface area contributed by atoms with Gasteiger partial charge in [0, 0.05) is 28.3 Å². The van der Waals surface area contributed by atoms with Crippen molar-refractivity contribution in [2.24, 2.45) is 0 Å². The molecule has 0 radical (unpaired) electrons. The molecular formula is C18H22ClN3O2+2. The number of quaternary nitrogens is 2. The summed E-state index contributed by atoms with van der Waals surface area (Å²) in [6, 6.07) is 15.3. The number of piperazine rings is 1. The molecule has 0 bridgehead atoms. The molecule has 1 heterocycles. The zero-order valence-electron chi connectivity index (χ0n) is 13.5. The highest BCUT2D eigenvalue weighted by molar-refractivity contribution is 6.31. The number of benzene rings is 2. The first-order valence-corrected chi connectivity index (χ1v) is 8.63. The lowest BCUT2D eigenvalue weighted by molar-refractivity contribution is -1.02. The highest BCUT2D eigenvalue weighted by Crippen LogP contribution is 2.21. The van der Waals surface area contributed by atoms with Crippen molar-refractivity contribution < 1.29 is 14.7 Å². The van der Waals surface area contributed by atoms with E-state index in [2.05, 4.69) is 24.3 Å². The van der Waals surface area contributed by atoms with E-state index >= 15 is 0 Å². The van der Waals surface area contributed by atoms with Crippen molar-refractivity contribution in [3.05, 3.63) is 74.8 Å². The van der Waals surface area contributed by atoms with E-state index in [1.54, 1.807) is 17.0 Å². The van der Waals surface area contributed by atoms with Gasteiger partial charge in [-0.05, 0) is 6.07 Å². The Kier molecular flexibility index (Phi) is 5.45. The molecule has 0 aliphatic carbocycles. The second kappa shape index (κ2) is 7.75. The highest BCUT2D eigenvalue weighted by atomic mass is 35.5. The maximum atomic E-state index is 10.9. The predicted molar refractivity (Wildman–Crippen MR) is 93.3 cm³/mol. The molecule has 5 nitrogen and oxygen atoms in total. The van der Waals surface area contributed by atoms with Crippen LogP contribution in [0.2, 0.25) is 5.02 Å². The molecule has 0 amide bonds. The van der Waals surface area contributed by atoms with E-state index in [9.17, 15) is 10.1 Å². The fourth-order valence-corrected chi connectivity index (χ4v) is 3.46. The quantitative estimate of drug-likeness (QED) is 0.619. The smallest absolute Gasteiger partial charge is 0.270 e. The van der Waals surface area contributed by atoms with Gasteiger partial charge >= 0.3 is 0 Å². The number of nitro benzene ring substituents is 1. The van der Waals surface area contributed by atoms with Crippen LogP contribution < -0.4 is 9.80 Å². The van der Waals surface area contributed by atoms with Gasteiger partial charge in [-0.15, -0.1) is 0 Å². The van der Waals surface area contributed by atoms with E-state index in [-0.39, 0.29) is 10.6 Å². The molecule has 0 saturated carbocycles. The Hall–Kier alpha value is -1.95. The number of hydrogen-bond donors (Lipinski definition) is 2. The monoisotopic (exact) mass is 347 g/mol. The summed E-state index contributed by atoms with van der Waals surface area (Å²) in [5, 5.41) is 11.5. The maximum absolute atomic E-state index is 10.9. The number of halogens is 1. The molecule has 0 spiro atoms. The molecule has 1 fully saturated rings. The Balaban J connectivity index is 1.56. The molecule has 0 aromatic heterocycles. The molecule has 1 aliphatic rings.